The molecule has 2 saturated heterocycles. The minimum atomic E-state index is 0.172. The van der Waals surface area contributed by atoms with Gasteiger partial charge in [-0.2, -0.15) is 0 Å². The van der Waals surface area contributed by atoms with E-state index in [1.165, 1.54) is 11.4 Å². The van der Waals surface area contributed by atoms with Crippen LogP contribution in [0, 0.1) is 0 Å². The second kappa shape index (κ2) is 7.89. The van der Waals surface area contributed by atoms with Crippen LogP contribution in [0.4, 0.5) is 11.4 Å². The SMILES string of the molecule is COc1ccc(N2C[C@H](OC)[C@@H]2[C@H]2[C@@H](OC)CN2c2ccc(OC)cc2)cc1. The van der Waals surface area contributed by atoms with Crippen molar-refractivity contribution in [2.45, 2.75) is 24.3 Å². The summed E-state index contributed by atoms with van der Waals surface area (Å²) < 4.78 is 22.2. The van der Waals surface area contributed by atoms with E-state index in [9.17, 15) is 0 Å². The monoisotopic (exact) mass is 384 g/mol. The van der Waals surface area contributed by atoms with Gasteiger partial charge < -0.3 is 28.7 Å². The van der Waals surface area contributed by atoms with E-state index >= 15 is 0 Å². The largest absolute Gasteiger partial charge is 0.497 e. The van der Waals surface area contributed by atoms with Crippen LogP contribution in [0.2, 0.25) is 0 Å². The van der Waals surface area contributed by atoms with Gasteiger partial charge in [0.25, 0.3) is 0 Å². The number of benzene rings is 2. The van der Waals surface area contributed by atoms with Crippen LogP contribution >= 0.6 is 0 Å². The molecule has 6 nitrogen and oxygen atoms in total. The summed E-state index contributed by atoms with van der Waals surface area (Å²) in [5.41, 5.74) is 2.35. The zero-order valence-electron chi connectivity index (χ0n) is 16.9. The maximum absolute atomic E-state index is 5.80. The third kappa shape index (κ3) is 3.16. The van der Waals surface area contributed by atoms with Crippen molar-refractivity contribution in [1.29, 1.82) is 0 Å². The Morgan fingerprint density at radius 3 is 1.25 bits per heavy atom. The third-order valence-corrected chi connectivity index (χ3v) is 6.00. The summed E-state index contributed by atoms with van der Waals surface area (Å²) in [6.07, 6.45) is 0.344. The Labute approximate surface area is 166 Å². The van der Waals surface area contributed by atoms with Gasteiger partial charge in [-0.25, -0.2) is 0 Å². The van der Waals surface area contributed by atoms with Crippen molar-refractivity contribution in [2.24, 2.45) is 0 Å². The third-order valence-electron chi connectivity index (χ3n) is 6.00. The van der Waals surface area contributed by atoms with Crippen LogP contribution in [0.1, 0.15) is 0 Å². The van der Waals surface area contributed by atoms with Crippen LogP contribution in [-0.4, -0.2) is 65.8 Å². The van der Waals surface area contributed by atoms with Crippen LogP contribution in [0.15, 0.2) is 48.5 Å². The van der Waals surface area contributed by atoms with Crippen LogP contribution in [-0.2, 0) is 9.47 Å². The highest BCUT2D eigenvalue weighted by atomic mass is 16.5. The first-order chi connectivity index (χ1) is 13.7. The second-order valence-corrected chi connectivity index (χ2v) is 7.23. The van der Waals surface area contributed by atoms with Crippen LogP contribution in [0.3, 0.4) is 0 Å². The van der Waals surface area contributed by atoms with Gasteiger partial charge in [0, 0.05) is 38.7 Å². The van der Waals surface area contributed by atoms with Crippen LogP contribution in [0.5, 0.6) is 11.5 Å². The summed E-state index contributed by atoms with van der Waals surface area (Å²) in [5.74, 6) is 1.73. The molecule has 0 bridgehead atoms. The first-order valence-corrected chi connectivity index (χ1v) is 9.57. The number of hydrogen-bond acceptors (Lipinski definition) is 6. The quantitative estimate of drug-likeness (QED) is 0.731. The van der Waals surface area contributed by atoms with Gasteiger partial charge in [-0.1, -0.05) is 0 Å². The lowest BCUT2D eigenvalue weighted by Crippen LogP contribution is -2.78. The summed E-state index contributed by atoms with van der Waals surface area (Å²) in [4.78, 5) is 4.81. The normalized spacial score (nSPS) is 26.4. The highest BCUT2D eigenvalue weighted by Crippen LogP contribution is 2.40. The van der Waals surface area contributed by atoms with Crippen molar-refractivity contribution in [3.05, 3.63) is 48.5 Å². The van der Waals surface area contributed by atoms with Gasteiger partial charge in [-0.3, -0.25) is 0 Å². The molecule has 6 heteroatoms. The molecule has 0 N–H and O–H groups in total. The molecule has 0 radical (unpaired) electrons. The van der Waals surface area contributed by atoms with Gasteiger partial charge in [-0.05, 0) is 48.5 Å². The fraction of sp³-hybridized carbons (Fsp3) is 0.455. The van der Waals surface area contributed by atoms with E-state index in [1.807, 2.05) is 24.3 Å². The number of anilines is 2. The average molecular weight is 384 g/mol. The van der Waals surface area contributed by atoms with Crippen molar-refractivity contribution in [3.63, 3.8) is 0 Å². The van der Waals surface area contributed by atoms with Gasteiger partial charge in [-0.15, -0.1) is 0 Å². The highest BCUT2D eigenvalue weighted by Gasteiger charge is 2.54. The van der Waals surface area contributed by atoms with Gasteiger partial charge in [0.2, 0.25) is 0 Å². The van der Waals surface area contributed by atoms with Crippen molar-refractivity contribution >= 4 is 11.4 Å². The molecule has 0 unspecified atom stereocenters. The molecule has 150 valence electrons. The Balaban J connectivity index is 1.59. The summed E-state index contributed by atoms with van der Waals surface area (Å²) >= 11 is 0. The number of ether oxygens (including phenoxy) is 4. The fourth-order valence-electron chi connectivity index (χ4n) is 4.31. The number of methoxy groups -OCH3 is 4. The van der Waals surface area contributed by atoms with E-state index in [0.717, 1.165) is 24.6 Å². The standard InChI is InChI=1S/C22H28N2O4/c1-25-17-9-5-15(6-10-17)23-13-19(27-3)21(23)22-20(28-4)14-24(22)16-7-11-18(26-2)12-8-16/h5-12,19-22H,13-14H2,1-4H3/t19-,20-,21+,22+/m0/s1. The molecule has 4 atom stereocenters. The lowest BCUT2D eigenvalue weighted by Gasteiger charge is -2.61. The topological polar surface area (TPSA) is 43.4 Å². The summed E-state index contributed by atoms with van der Waals surface area (Å²) in [6.45, 7) is 1.74. The molecular formula is C22H28N2O4. The highest BCUT2D eigenvalue weighted by molar-refractivity contribution is 5.59. The van der Waals surface area contributed by atoms with E-state index in [-0.39, 0.29) is 24.3 Å². The van der Waals surface area contributed by atoms with Gasteiger partial charge in [0.15, 0.2) is 0 Å². The van der Waals surface area contributed by atoms with E-state index in [2.05, 4.69) is 34.1 Å². The van der Waals surface area contributed by atoms with Gasteiger partial charge in [0.1, 0.15) is 11.5 Å². The second-order valence-electron chi connectivity index (χ2n) is 7.23. The van der Waals surface area contributed by atoms with E-state index in [1.54, 1.807) is 28.4 Å². The minimum absolute atomic E-state index is 0.172. The molecule has 0 aromatic heterocycles. The Morgan fingerprint density at radius 1 is 0.607 bits per heavy atom. The zero-order valence-corrected chi connectivity index (χ0v) is 16.9. The fourth-order valence-corrected chi connectivity index (χ4v) is 4.31. The van der Waals surface area contributed by atoms with E-state index in [0.29, 0.717) is 0 Å². The predicted molar refractivity (Wildman–Crippen MR) is 110 cm³/mol. The van der Waals surface area contributed by atoms with E-state index < -0.39 is 0 Å². The molecule has 2 aliphatic heterocycles. The Kier molecular flexibility index (Phi) is 5.33. The first-order valence-electron chi connectivity index (χ1n) is 9.57. The van der Waals surface area contributed by atoms with Gasteiger partial charge >= 0.3 is 0 Å². The van der Waals surface area contributed by atoms with Gasteiger partial charge in [0.05, 0.1) is 38.5 Å². The summed E-state index contributed by atoms with van der Waals surface area (Å²) in [7, 11) is 6.96. The molecule has 4 rings (SSSR count). The minimum Gasteiger partial charge on any atom is -0.497 e. The van der Waals surface area contributed by atoms with Crippen LogP contribution < -0.4 is 19.3 Å². The zero-order chi connectivity index (χ0) is 19.7. The molecule has 2 aliphatic rings. The Bertz CT molecular complexity index is 713. The van der Waals surface area contributed by atoms with Crippen molar-refractivity contribution in [1.82, 2.24) is 0 Å². The Morgan fingerprint density at radius 2 is 0.964 bits per heavy atom. The maximum Gasteiger partial charge on any atom is 0.119 e. The lowest BCUT2D eigenvalue weighted by molar-refractivity contribution is -0.0313. The molecule has 0 spiro atoms. The predicted octanol–water partition coefficient (Wildman–Crippen LogP) is 2.81. The smallest absolute Gasteiger partial charge is 0.119 e. The van der Waals surface area contributed by atoms with Crippen molar-refractivity contribution < 1.29 is 18.9 Å². The number of nitrogens with zero attached hydrogens (tertiary/aromatic N) is 2. The summed E-state index contributed by atoms with van der Waals surface area (Å²) in [5, 5.41) is 0. The molecule has 2 fully saturated rings. The number of hydrogen-bond donors (Lipinski definition) is 0. The lowest BCUT2D eigenvalue weighted by atomic mass is 9.81. The number of rotatable bonds is 7. The average Bonchev–Trinajstić information content (AvgIpc) is 2.72. The molecule has 0 aliphatic carbocycles. The van der Waals surface area contributed by atoms with Crippen LogP contribution in [0.25, 0.3) is 0 Å². The molecule has 0 amide bonds. The molecular weight excluding hydrogens is 356 g/mol. The Hall–Kier alpha value is -2.44. The first kappa shape index (κ1) is 18.9. The molecule has 2 heterocycles. The maximum atomic E-state index is 5.80. The molecule has 28 heavy (non-hydrogen) atoms. The van der Waals surface area contributed by atoms with E-state index in [4.69, 9.17) is 18.9 Å². The van der Waals surface area contributed by atoms with Crippen molar-refractivity contribution in [2.75, 3.05) is 51.3 Å². The molecule has 2 aromatic rings. The molecule has 2 aromatic carbocycles. The van der Waals surface area contributed by atoms with Crippen molar-refractivity contribution in [3.8, 4) is 11.5 Å². The molecule has 0 saturated carbocycles. The summed E-state index contributed by atoms with van der Waals surface area (Å²) in [6, 6.07) is 16.9.